The normalized spacial score (nSPS) is 22.2. The second-order valence-corrected chi connectivity index (χ2v) is 15.8. The molecule has 0 saturated heterocycles. The number of pyridine rings is 1. The smallest absolute Gasteiger partial charge is 0.165 e. The number of hydrogen-bond donors (Lipinski definition) is 2. The van der Waals surface area contributed by atoms with Gasteiger partial charge in [0.05, 0.1) is 25.6 Å². The first-order valence-corrected chi connectivity index (χ1v) is 17.1. The fraction of sp³-hybridized carbons (Fsp3) is 0.441. The zero-order valence-corrected chi connectivity index (χ0v) is 28.3. The molecule has 0 radical (unpaired) electrons. The van der Waals surface area contributed by atoms with E-state index in [1.807, 2.05) is 45.0 Å². The molecular weight excluding hydrogens is 638 g/mol. The van der Waals surface area contributed by atoms with E-state index in [1.165, 1.54) is 11.1 Å². The fourth-order valence-corrected chi connectivity index (χ4v) is 7.95. The van der Waals surface area contributed by atoms with Gasteiger partial charge in [-0.15, -0.1) is 4.72 Å². The molecule has 44 heavy (non-hydrogen) atoms. The van der Waals surface area contributed by atoms with Crippen LogP contribution >= 0.6 is 15.9 Å². The summed E-state index contributed by atoms with van der Waals surface area (Å²) < 4.78 is 28.4. The molecule has 8 nitrogen and oxygen atoms in total. The van der Waals surface area contributed by atoms with Crippen LogP contribution in [0.5, 0.6) is 11.5 Å². The Morgan fingerprint density at radius 1 is 1.05 bits per heavy atom. The molecule has 1 saturated carbocycles. The molecule has 2 aromatic carbocycles. The quantitative estimate of drug-likeness (QED) is 0.186. The van der Waals surface area contributed by atoms with E-state index in [0.717, 1.165) is 70.7 Å². The van der Waals surface area contributed by atoms with Gasteiger partial charge in [-0.05, 0) is 104 Å². The molecule has 1 fully saturated rings. The summed E-state index contributed by atoms with van der Waals surface area (Å²) in [7, 11) is 3.31. The number of nitrogens with one attached hydrogen (secondary N) is 2. The van der Waals surface area contributed by atoms with E-state index in [4.69, 9.17) is 19.4 Å². The minimum absolute atomic E-state index is 0.0209. The summed E-state index contributed by atoms with van der Waals surface area (Å²) >= 11 is 2.41. The van der Waals surface area contributed by atoms with E-state index in [2.05, 4.69) is 55.2 Å². The lowest BCUT2D eigenvalue weighted by molar-refractivity contribution is 0.138. The third-order valence-electron chi connectivity index (χ3n) is 9.12. The molecule has 0 aliphatic heterocycles. The molecule has 0 amide bonds. The zero-order valence-electron chi connectivity index (χ0n) is 25.9. The molecule has 10 heteroatoms. The molecule has 2 heterocycles. The molecule has 2 N–H and O–H groups in total. The first-order chi connectivity index (χ1) is 21.1. The lowest BCUT2D eigenvalue weighted by Crippen LogP contribution is -2.46. The van der Waals surface area contributed by atoms with Gasteiger partial charge >= 0.3 is 0 Å². The van der Waals surface area contributed by atoms with Crippen molar-refractivity contribution in [1.29, 1.82) is 0 Å². The monoisotopic (exact) mass is 677 g/mol. The average molecular weight is 679 g/mol. The molecule has 1 spiro atoms. The van der Waals surface area contributed by atoms with E-state index in [0.29, 0.717) is 12.2 Å². The molecule has 232 valence electrons. The summed E-state index contributed by atoms with van der Waals surface area (Å²) in [6.45, 7) is 6.61. The van der Waals surface area contributed by atoms with Crippen LogP contribution in [0.2, 0.25) is 0 Å². The van der Waals surface area contributed by atoms with Crippen LogP contribution in [-0.2, 0) is 24.3 Å². The molecule has 2 aliphatic rings. The summed E-state index contributed by atoms with van der Waals surface area (Å²) in [5.41, 5.74) is 4.35. The van der Waals surface area contributed by atoms with Gasteiger partial charge in [-0.3, -0.25) is 0 Å². The lowest BCUT2D eigenvalue weighted by Gasteiger charge is -2.42. The number of fused-ring (bicyclic) bond motifs is 2. The largest absolute Gasteiger partial charge is 0.598 e. The molecule has 6 rings (SSSR count). The van der Waals surface area contributed by atoms with Crippen LogP contribution in [0.4, 0.5) is 5.82 Å². The Hall–Kier alpha value is -2.92. The van der Waals surface area contributed by atoms with Crippen molar-refractivity contribution in [3.8, 4) is 11.5 Å². The number of anilines is 1. The van der Waals surface area contributed by atoms with E-state index in [-0.39, 0.29) is 22.1 Å². The summed E-state index contributed by atoms with van der Waals surface area (Å²) in [6.07, 6.45) is 6.72. The van der Waals surface area contributed by atoms with Gasteiger partial charge in [0, 0.05) is 46.1 Å². The van der Waals surface area contributed by atoms with Crippen molar-refractivity contribution in [2.45, 2.75) is 76.1 Å². The molecule has 2 atom stereocenters. The highest BCUT2D eigenvalue weighted by molar-refractivity contribution is 9.10. The molecule has 1 unspecified atom stereocenters. The first kappa shape index (κ1) is 31.1. The summed E-state index contributed by atoms with van der Waals surface area (Å²) in [5.74, 6) is 3.29. The summed E-state index contributed by atoms with van der Waals surface area (Å²) in [4.78, 5) is 14.7. The number of nitrogens with zero attached hydrogens (tertiary/aromatic N) is 3. The van der Waals surface area contributed by atoms with Crippen molar-refractivity contribution >= 4 is 44.1 Å². The van der Waals surface area contributed by atoms with Crippen LogP contribution in [-0.4, -0.2) is 38.5 Å². The Labute approximate surface area is 271 Å². The Morgan fingerprint density at radius 2 is 1.82 bits per heavy atom. The summed E-state index contributed by atoms with van der Waals surface area (Å²) in [5, 5.41) is 4.41. The number of rotatable bonds is 8. The third-order valence-corrected chi connectivity index (χ3v) is 11.1. The van der Waals surface area contributed by atoms with Crippen molar-refractivity contribution in [2.24, 2.45) is 5.41 Å². The van der Waals surface area contributed by atoms with Gasteiger partial charge in [0.25, 0.3) is 0 Å². The Balaban J connectivity index is 1.26. The lowest BCUT2D eigenvalue weighted by atomic mass is 9.66. The van der Waals surface area contributed by atoms with Crippen LogP contribution in [0, 0.1) is 5.41 Å². The number of halogens is 1. The maximum Gasteiger partial charge on any atom is 0.165 e. The van der Waals surface area contributed by atoms with Gasteiger partial charge in [-0.2, -0.15) is 0 Å². The maximum absolute atomic E-state index is 13.3. The van der Waals surface area contributed by atoms with E-state index < -0.39 is 11.4 Å². The van der Waals surface area contributed by atoms with Crippen molar-refractivity contribution < 1.29 is 14.0 Å². The van der Waals surface area contributed by atoms with Gasteiger partial charge in [0.2, 0.25) is 0 Å². The highest BCUT2D eigenvalue weighted by atomic mass is 79.9. The van der Waals surface area contributed by atoms with E-state index in [9.17, 15) is 4.55 Å². The van der Waals surface area contributed by atoms with Crippen LogP contribution in [0.25, 0.3) is 11.0 Å². The van der Waals surface area contributed by atoms with Gasteiger partial charge in [0.15, 0.2) is 5.65 Å². The zero-order chi connectivity index (χ0) is 31.1. The first-order valence-electron chi connectivity index (χ1n) is 15.1. The summed E-state index contributed by atoms with van der Waals surface area (Å²) in [6, 6.07) is 16.5. The van der Waals surface area contributed by atoms with Crippen molar-refractivity contribution in [2.75, 3.05) is 19.5 Å². The van der Waals surface area contributed by atoms with Gasteiger partial charge in [-0.25, -0.2) is 15.0 Å². The van der Waals surface area contributed by atoms with Crippen LogP contribution < -0.4 is 19.5 Å². The Kier molecular flexibility index (Phi) is 8.80. The van der Waals surface area contributed by atoms with Gasteiger partial charge in [-0.1, -0.05) is 24.3 Å². The minimum Gasteiger partial charge on any atom is -0.598 e. The highest BCUT2D eigenvalue weighted by Gasteiger charge is 2.50. The average Bonchev–Trinajstić information content (AvgIpc) is 3.31. The number of benzene rings is 2. The molecular formula is C34H40BrN5O3S. The Morgan fingerprint density at radius 3 is 2.55 bits per heavy atom. The van der Waals surface area contributed by atoms with Gasteiger partial charge in [0.1, 0.15) is 27.9 Å². The SMILES string of the molecule is COc1ccc(CNc2nc(C3CCC4(CC3)Cc3ccccc3[C@H]4N[S+]([O-])C(C)(C)C)nc3ncc(Br)cc23)c(OC)c1. The van der Waals surface area contributed by atoms with Crippen molar-refractivity contribution in [3.63, 3.8) is 0 Å². The maximum atomic E-state index is 13.3. The molecule has 4 aromatic rings. The number of hydrogen-bond acceptors (Lipinski definition) is 8. The Bertz CT molecular complexity index is 1650. The van der Waals surface area contributed by atoms with E-state index >= 15 is 0 Å². The number of ether oxygens (including phenoxy) is 2. The predicted octanol–water partition coefficient (Wildman–Crippen LogP) is 7.41. The number of aromatic nitrogens is 3. The standard InChI is InChI=1S/C34H40BrN5O3S/c1-33(2,3)44(41)40-29-26-9-7-6-8-22(26)18-34(29)14-12-21(13-15-34)30-38-31(27-16-24(35)20-37-32(27)39-30)36-19-23-10-11-25(42-4)17-28(23)43-5/h6-11,16-17,20-21,29,40H,12-15,18-19H2,1-5H3,(H,36,37,38,39)/t21?,29-,34?,44?/m1/s1. The third kappa shape index (κ3) is 6.14. The minimum atomic E-state index is -1.16. The van der Waals surface area contributed by atoms with Crippen LogP contribution in [0.15, 0.2) is 59.2 Å². The second kappa shape index (κ2) is 12.5. The number of methoxy groups -OCH3 is 2. The molecule has 2 aliphatic carbocycles. The van der Waals surface area contributed by atoms with E-state index in [1.54, 1.807) is 20.4 Å². The molecule has 2 aromatic heterocycles. The predicted molar refractivity (Wildman–Crippen MR) is 179 cm³/mol. The van der Waals surface area contributed by atoms with Crippen molar-refractivity contribution in [3.05, 3.63) is 81.7 Å². The van der Waals surface area contributed by atoms with Crippen molar-refractivity contribution in [1.82, 2.24) is 19.7 Å². The van der Waals surface area contributed by atoms with Gasteiger partial charge < -0.3 is 19.3 Å². The topological polar surface area (TPSA) is 104 Å². The fourth-order valence-electron chi connectivity index (χ4n) is 6.67. The van der Waals surface area contributed by atoms with Crippen LogP contribution in [0.1, 0.15) is 80.9 Å². The van der Waals surface area contributed by atoms with Crippen LogP contribution in [0.3, 0.4) is 0 Å². The highest BCUT2D eigenvalue weighted by Crippen LogP contribution is 2.56. The molecule has 0 bridgehead atoms. The second-order valence-electron chi connectivity index (χ2n) is 12.9.